The summed E-state index contributed by atoms with van der Waals surface area (Å²) in [6.07, 6.45) is 0.106. The SMILES string of the molecule is COc1cc(C[C@@H](C)N)cc(NC(=O)OC(C)(C)C)c1OC. The van der Waals surface area contributed by atoms with Crippen LogP contribution in [0.3, 0.4) is 0 Å². The summed E-state index contributed by atoms with van der Waals surface area (Å²) in [4.78, 5) is 12.0. The van der Waals surface area contributed by atoms with E-state index >= 15 is 0 Å². The van der Waals surface area contributed by atoms with Gasteiger partial charge in [0.2, 0.25) is 0 Å². The van der Waals surface area contributed by atoms with E-state index in [9.17, 15) is 4.79 Å². The topological polar surface area (TPSA) is 82.8 Å². The van der Waals surface area contributed by atoms with E-state index in [1.807, 2.05) is 19.1 Å². The number of hydrogen-bond acceptors (Lipinski definition) is 5. The van der Waals surface area contributed by atoms with Crippen molar-refractivity contribution in [2.75, 3.05) is 19.5 Å². The maximum atomic E-state index is 12.0. The lowest BCUT2D eigenvalue weighted by Gasteiger charge is -2.21. The van der Waals surface area contributed by atoms with Gasteiger partial charge in [-0.05, 0) is 51.8 Å². The first-order valence-electron chi connectivity index (χ1n) is 7.16. The molecule has 22 heavy (non-hydrogen) atoms. The molecular weight excluding hydrogens is 284 g/mol. The Labute approximate surface area is 131 Å². The van der Waals surface area contributed by atoms with Gasteiger partial charge in [-0.25, -0.2) is 4.79 Å². The van der Waals surface area contributed by atoms with E-state index in [2.05, 4.69) is 5.32 Å². The van der Waals surface area contributed by atoms with Crippen molar-refractivity contribution in [2.24, 2.45) is 5.73 Å². The van der Waals surface area contributed by atoms with E-state index in [1.165, 1.54) is 7.11 Å². The van der Waals surface area contributed by atoms with Gasteiger partial charge in [-0.3, -0.25) is 5.32 Å². The van der Waals surface area contributed by atoms with Gasteiger partial charge >= 0.3 is 6.09 Å². The normalized spacial score (nSPS) is 12.5. The zero-order valence-electron chi connectivity index (χ0n) is 14.1. The second-order valence-corrected chi connectivity index (χ2v) is 6.19. The second-order valence-electron chi connectivity index (χ2n) is 6.19. The molecule has 6 nitrogen and oxygen atoms in total. The predicted molar refractivity (Wildman–Crippen MR) is 86.8 cm³/mol. The van der Waals surface area contributed by atoms with Gasteiger partial charge in [0.25, 0.3) is 0 Å². The summed E-state index contributed by atoms with van der Waals surface area (Å²) in [5, 5.41) is 2.70. The average Bonchev–Trinajstić information content (AvgIpc) is 2.34. The summed E-state index contributed by atoms with van der Waals surface area (Å²) >= 11 is 0. The quantitative estimate of drug-likeness (QED) is 0.873. The number of anilines is 1. The average molecular weight is 310 g/mol. The molecule has 0 aliphatic carbocycles. The third kappa shape index (κ3) is 5.44. The Kier molecular flexibility index (Phi) is 6.05. The van der Waals surface area contributed by atoms with Gasteiger partial charge in [0.05, 0.1) is 19.9 Å². The van der Waals surface area contributed by atoms with E-state index in [4.69, 9.17) is 19.9 Å². The number of methoxy groups -OCH3 is 2. The number of nitrogens with two attached hydrogens (primary N) is 1. The van der Waals surface area contributed by atoms with Crippen LogP contribution >= 0.6 is 0 Å². The lowest BCUT2D eigenvalue weighted by Crippen LogP contribution is -2.27. The Morgan fingerprint density at radius 1 is 1.27 bits per heavy atom. The molecule has 1 atom stereocenters. The minimum absolute atomic E-state index is 0.00697. The zero-order chi connectivity index (χ0) is 16.9. The fraction of sp³-hybridized carbons (Fsp3) is 0.562. The number of benzene rings is 1. The van der Waals surface area contributed by atoms with Crippen LogP contribution in [-0.4, -0.2) is 32.0 Å². The van der Waals surface area contributed by atoms with Crippen LogP contribution < -0.4 is 20.5 Å². The van der Waals surface area contributed by atoms with Gasteiger partial charge in [0.15, 0.2) is 11.5 Å². The summed E-state index contributed by atoms with van der Waals surface area (Å²) in [5.74, 6) is 0.980. The smallest absolute Gasteiger partial charge is 0.412 e. The Balaban J connectivity index is 3.11. The molecular formula is C16H26N2O4. The van der Waals surface area contributed by atoms with E-state index in [0.29, 0.717) is 23.6 Å². The number of amides is 1. The molecule has 0 unspecified atom stereocenters. The van der Waals surface area contributed by atoms with Crippen molar-refractivity contribution in [2.45, 2.75) is 45.8 Å². The molecule has 1 rings (SSSR count). The van der Waals surface area contributed by atoms with Crippen LogP contribution in [0.1, 0.15) is 33.3 Å². The minimum atomic E-state index is -0.579. The van der Waals surface area contributed by atoms with Crippen molar-refractivity contribution < 1.29 is 19.0 Å². The van der Waals surface area contributed by atoms with Gasteiger partial charge in [-0.1, -0.05) is 0 Å². The Morgan fingerprint density at radius 2 is 1.91 bits per heavy atom. The van der Waals surface area contributed by atoms with Crippen molar-refractivity contribution in [3.05, 3.63) is 17.7 Å². The maximum absolute atomic E-state index is 12.0. The number of carbonyl (C=O) groups is 1. The third-order valence-electron chi connectivity index (χ3n) is 2.73. The highest BCUT2D eigenvalue weighted by molar-refractivity contribution is 5.88. The van der Waals surface area contributed by atoms with Gasteiger partial charge in [0, 0.05) is 6.04 Å². The molecule has 0 saturated carbocycles. The fourth-order valence-corrected chi connectivity index (χ4v) is 2.02. The largest absolute Gasteiger partial charge is 0.493 e. The first-order valence-corrected chi connectivity index (χ1v) is 7.16. The van der Waals surface area contributed by atoms with Gasteiger partial charge in [-0.15, -0.1) is 0 Å². The summed E-state index contributed by atoms with van der Waals surface area (Å²) in [6.45, 7) is 7.32. The van der Waals surface area contributed by atoms with Crippen LogP contribution in [0, 0.1) is 0 Å². The maximum Gasteiger partial charge on any atom is 0.412 e. The minimum Gasteiger partial charge on any atom is -0.493 e. The number of hydrogen-bond donors (Lipinski definition) is 2. The molecule has 1 amide bonds. The van der Waals surface area contributed by atoms with Gasteiger partial charge < -0.3 is 19.9 Å². The molecule has 0 aliphatic rings. The highest BCUT2D eigenvalue weighted by Gasteiger charge is 2.20. The Bertz CT molecular complexity index is 522. The molecule has 0 saturated heterocycles. The molecule has 1 aromatic rings. The Morgan fingerprint density at radius 3 is 2.36 bits per heavy atom. The van der Waals surface area contributed by atoms with E-state index in [1.54, 1.807) is 27.9 Å². The first-order chi connectivity index (χ1) is 10.2. The number of carbonyl (C=O) groups excluding carboxylic acids is 1. The van der Waals surface area contributed by atoms with Crippen LogP contribution in [0.2, 0.25) is 0 Å². The van der Waals surface area contributed by atoms with Crippen LogP contribution in [-0.2, 0) is 11.2 Å². The molecule has 0 spiro atoms. The lowest BCUT2D eigenvalue weighted by atomic mass is 10.1. The monoisotopic (exact) mass is 310 g/mol. The zero-order valence-corrected chi connectivity index (χ0v) is 14.1. The van der Waals surface area contributed by atoms with Crippen molar-refractivity contribution in [1.29, 1.82) is 0 Å². The highest BCUT2D eigenvalue weighted by Crippen LogP contribution is 2.37. The van der Waals surface area contributed by atoms with Crippen LogP contribution in [0.5, 0.6) is 11.5 Å². The van der Waals surface area contributed by atoms with E-state index in [-0.39, 0.29) is 6.04 Å². The summed E-state index contributed by atoms with van der Waals surface area (Å²) in [5.41, 5.74) is 6.69. The van der Waals surface area contributed by atoms with Gasteiger partial charge in [-0.2, -0.15) is 0 Å². The highest BCUT2D eigenvalue weighted by atomic mass is 16.6. The molecule has 6 heteroatoms. The summed E-state index contributed by atoms with van der Waals surface area (Å²) in [7, 11) is 3.06. The fourth-order valence-electron chi connectivity index (χ4n) is 2.02. The lowest BCUT2D eigenvalue weighted by molar-refractivity contribution is 0.0635. The van der Waals surface area contributed by atoms with Crippen molar-refractivity contribution >= 4 is 11.8 Å². The van der Waals surface area contributed by atoms with Crippen molar-refractivity contribution in [1.82, 2.24) is 0 Å². The second kappa shape index (κ2) is 7.35. The molecule has 0 bridgehead atoms. The van der Waals surface area contributed by atoms with Crippen molar-refractivity contribution in [3.8, 4) is 11.5 Å². The third-order valence-corrected chi connectivity index (χ3v) is 2.73. The van der Waals surface area contributed by atoms with E-state index < -0.39 is 11.7 Å². The molecule has 0 radical (unpaired) electrons. The molecule has 0 aliphatic heterocycles. The predicted octanol–water partition coefficient (Wildman–Crippen LogP) is 2.94. The van der Waals surface area contributed by atoms with Gasteiger partial charge in [0.1, 0.15) is 5.60 Å². The molecule has 124 valence electrons. The van der Waals surface area contributed by atoms with Crippen LogP contribution in [0.15, 0.2) is 12.1 Å². The van der Waals surface area contributed by atoms with Crippen LogP contribution in [0.25, 0.3) is 0 Å². The van der Waals surface area contributed by atoms with E-state index in [0.717, 1.165) is 5.56 Å². The molecule has 3 N–H and O–H groups in total. The number of nitrogens with one attached hydrogen (secondary N) is 1. The first kappa shape index (κ1) is 18.1. The van der Waals surface area contributed by atoms with Crippen molar-refractivity contribution in [3.63, 3.8) is 0 Å². The number of ether oxygens (including phenoxy) is 3. The number of rotatable bonds is 5. The molecule has 0 heterocycles. The Hall–Kier alpha value is -1.95. The molecule has 1 aromatic carbocycles. The van der Waals surface area contributed by atoms with Crippen LogP contribution in [0.4, 0.5) is 10.5 Å². The standard InChI is InChI=1S/C16H26N2O4/c1-10(17)7-11-8-12(14(21-6)13(9-11)20-5)18-15(19)22-16(2,3)4/h8-10H,7,17H2,1-6H3,(H,18,19)/t10-/m1/s1. The summed E-state index contributed by atoms with van der Waals surface area (Å²) < 4.78 is 15.9. The molecule has 0 aromatic heterocycles. The molecule has 0 fully saturated rings. The summed E-state index contributed by atoms with van der Waals surface area (Å²) in [6, 6.07) is 3.66.